The minimum atomic E-state index is -0.407. The van der Waals surface area contributed by atoms with Crippen molar-refractivity contribution in [1.82, 2.24) is 4.98 Å². The van der Waals surface area contributed by atoms with Crippen LogP contribution in [0, 0.1) is 10.1 Å². The van der Waals surface area contributed by atoms with Crippen molar-refractivity contribution >= 4 is 27.4 Å². The Bertz CT molecular complexity index is 384. The zero-order chi connectivity index (χ0) is 12.1. The molecule has 1 rings (SSSR count). The second-order valence-corrected chi connectivity index (χ2v) is 4.44. The molecule has 0 aliphatic heterocycles. The number of rotatable bonds is 5. The van der Waals surface area contributed by atoms with Crippen LogP contribution >= 0.6 is 15.9 Å². The fourth-order valence-electron chi connectivity index (χ4n) is 1.35. The highest BCUT2D eigenvalue weighted by Crippen LogP contribution is 2.27. The minimum absolute atomic E-state index is 0.0352. The van der Waals surface area contributed by atoms with Crippen molar-refractivity contribution in [1.29, 1.82) is 0 Å². The SMILES string of the molecule is CCCCN(C)c1ncc(Br)cc1[N+](=O)[O-]. The summed E-state index contributed by atoms with van der Waals surface area (Å²) < 4.78 is 0.617. The summed E-state index contributed by atoms with van der Waals surface area (Å²) in [7, 11) is 1.82. The molecule has 16 heavy (non-hydrogen) atoms. The van der Waals surface area contributed by atoms with Gasteiger partial charge in [-0.15, -0.1) is 0 Å². The Hall–Kier alpha value is -1.17. The molecule has 6 heteroatoms. The molecule has 0 bridgehead atoms. The van der Waals surface area contributed by atoms with Gasteiger partial charge in [-0.1, -0.05) is 13.3 Å². The zero-order valence-corrected chi connectivity index (χ0v) is 10.9. The summed E-state index contributed by atoms with van der Waals surface area (Å²) >= 11 is 3.18. The monoisotopic (exact) mass is 287 g/mol. The predicted octanol–water partition coefficient (Wildman–Crippen LogP) is 2.99. The Labute approximate surface area is 103 Å². The molecule has 1 aromatic rings. The van der Waals surface area contributed by atoms with E-state index in [1.54, 1.807) is 6.20 Å². The number of aromatic nitrogens is 1. The van der Waals surface area contributed by atoms with Crippen molar-refractivity contribution in [3.63, 3.8) is 0 Å². The Morgan fingerprint density at radius 2 is 2.31 bits per heavy atom. The van der Waals surface area contributed by atoms with E-state index in [1.165, 1.54) is 6.07 Å². The molecule has 0 N–H and O–H groups in total. The van der Waals surface area contributed by atoms with Gasteiger partial charge in [0.15, 0.2) is 0 Å². The maximum atomic E-state index is 10.9. The van der Waals surface area contributed by atoms with Gasteiger partial charge in [-0.05, 0) is 22.4 Å². The van der Waals surface area contributed by atoms with Crippen LogP contribution in [-0.4, -0.2) is 23.5 Å². The number of halogens is 1. The molecule has 0 amide bonds. The maximum Gasteiger partial charge on any atom is 0.312 e. The molecule has 1 aromatic heterocycles. The number of unbranched alkanes of at least 4 members (excludes halogenated alkanes) is 1. The van der Waals surface area contributed by atoms with Crippen molar-refractivity contribution in [2.24, 2.45) is 0 Å². The van der Waals surface area contributed by atoms with Crippen molar-refractivity contribution in [3.8, 4) is 0 Å². The highest BCUT2D eigenvalue weighted by Gasteiger charge is 2.18. The summed E-state index contributed by atoms with van der Waals surface area (Å²) in [5.74, 6) is 0.418. The van der Waals surface area contributed by atoms with Gasteiger partial charge in [0.25, 0.3) is 0 Å². The molecular weight excluding hydrogens is 274 g/mol. The molecule has 0 saturated heterocycles. The number of pyridine rings is 1. The fraction of sp³-hybridized carbons (Fsp3) is 0.500. The molecule has 0 aromatic carbocycles. The van der Waals surface area contributed by atoms with Crippen molar-refractivity contribution in [3.05, 3.63) is 26.9 Å². The van der Waals surface area contributed by atoms with Gasteiger partial charge in [0.2, 0.25) is 5.82 Å². The second-order valence-electron chi connectivity index (χ2n) is 3.53. The van der Waals surface area contributed by atoms with Crippen LogP contribution in [0.3, 0.4) is 0 Å². The molecule has 0 aliphatic carbocycles. The molecule has 0 radical (unpaired) electrons. The van der Waals surface area contributed by atoms with E-state index in [0.717, 1.165) is 19.4 Å². The van der Waals surface area contributed by atoms with E-state index in [0.29, 0.717) is 10.3 Å². The summed E-state index contributed by atoms with van der Waals surface area (Å²) in [6.07, 6.45) is 3.62. The van der Waals surface area contributed by atoms with Gasteiger partial charge in [0.05, 0.1) is 4.92 Å². The quantitative estimate of drug-likeness (QED) is 0.617. The van der Waals surface area contributed by atoms with Gasteiger partial charge in [0, 0.05) is 30.3 Å². The normalized spacial score (nSPS) is 10.2. The third kappa shape index (κ3) is 3.16. The highest BCUT2D eigenvalue weighted by atomic mass is 79.9. The predicted molar refractivity (Wildman–Crippen MR) is 66.8 cm³/mol. The van der Waals surface area contributed by atoms with Crippen LogP contribution in [-0.2, 0) is 0 Å². The van der Waals surface area contributed by atoms with E-state index in [-0.39, 0.29) is 5.69 Å². The Morgan fingerprint density at radius 1 is 1.62 bits per heavy atom. The Morgan fingerprint density at radius 3 is 2.88 bits per heavy atom. The molecule has 88 valence electrons. The summed E-state index contributed by atoms with van der Waals surface area (Å²) in [4.78, 5) is 16.4. The minimum Gasteiger partial charge on any atom is -0.354 e. The van der Waals surface area contributed by atoms with Crippen molar-refractivity contribution in [2.75, 3.05) is 18.5 Å². The first kappa shape index (κ1) is 12.9. The van der Waals surface area contributed by atoms with Crippen LogP contribution in [0.2, 0.25) is 0 Å². The van der Waals surface area contributed by atoms with Crippen molar-refractivity contribution in [2.45, 2.75) is 19.8 Å². The lowest BCUT2D eigenvalue weighted by Crippen LogP contribution is -2.20. The first-order valence-corrected chi connectivity index (χ1v) is 5.86. The van der Waals surface area contributed by atoms with Crippen LogP contribution in [0.15, 0.2) is 16.7 Å². The third-order valence-electron chi connectivity index (χ3n) is 2.22. The van der Waals surface area contributed by atoms with Gasteiger partial charge in [-0.25, -0.2) is 4.98 Å². The number of nitrogens with zero attached hydrogens (tertiary/aromatic N) is 3. The van der Waals surface area contributed by atoms with Crippen molar-refractivity contribution < 1.29 is 4.92 Å². The first-order valence-electron chi connectivity index (χ1n) is 5.07. The topological polar surface area (TPSA) is 59.3 Å². The highest BCUT2D eigenvalue weighted by molar-refractivity contribution is 9.10. The molecule has 0 unspecified atom stereocenters. The van der Waals surface area contributed by atoms with E-state index < -0.39 is 4.92 Å². The number of hydrogen-bond donors (Lipinski definition) is 0. The molecule has 0 atom stereocenters. The van der Waals surface area contributed by atoms with E-state index in [4.69, 9.17) is 0 Å². The first-order chi connectivity index (χ1) is 7.56. The van der Waals surface area contributed by atoms with Gasteiger partial charge in [-0.2, -0.15) is 0 Å². The van der Waals surface area contributed by atoms with Crippen LogP contribution in [0.5, 0.6) is 0 Å². The van der Waals surface area contributed by atoms with Crippen LogP contribution in [0.1, 0.15) is 19.8 Å². The van der Waals surface area contributed by atoms with Gasteiger partial charge in [-0.3, -0.25) is 10.1 Å². The van der Waals surface area contributed by atoms with E-state index in [9.17, 15) is 10.1 Å². The summed E-state index contributed by atoms with van der Waals surface area (Å²) in [6, 6.07) is 1.48. The molecule has 0 spiro atoms. The van der Waals surface area contributed by atoms with Crippen LogP contribution < -0.4 is 4.90 Å². The second kappa shape index (κ2) is 5.79. The molecular formula is C10H14BrN3O2. The zero-order valence-electron chi connectivity index (χ0n) is 9.31. The van der Waals surface area contributed by atoms with Crippen LogP contribution in [0.25, 0.3) is 0 Å². The average molecular weight is 288 g/mol. The number of nitro groups is 1. The van der Waals surface area contributed by atoms with Gasteiger partial charge < -0.3 is 4.90 Å². The summed E-state index contributed by atoms with van der Waals surface area (Å²) in [6.45, 7) is 2.85. The summed E-state index contributed by atoms with van der Waals surface area (Å²) in [5.41, 5.74) is 0.0352. The molecule has 0 aliphatic rings. The number of hydrogen-bond acceptors (Lipinski definition) is 4. The third-order valence-corrected chi connectivity index (χ3v) is 2.65. The van der Waals surface area contributed by atoms with E-state index >= 15 is 0 Å². The Balaban J connectivity index is 2.98. The summed E-state index contributed by atoms with van der Waals surface area (Å²) in [5, 5.41) is 10.9. The standard InChI is InChI=1S/C10H14BrN3O2/c1-3-4-5-13(2)10-9(14(15)16)6-8(11)7-12-10/h6-7H,3-5H2,1-2H3. The lowest BCUT2D eigenvalue weighted by atomic mass is 10.3. The molecule has 0 saturated carbocycles. The van der Waals surface area contributed by atoms with E-state index in [2.05, 4.69) is 27.8 Å². The molecule has 0 fully saturated rings. The lowest BCUT2D eigenvalue weighted by molar-refractivity contribution is -0.384. The van der Waals surface area contributed by atoms with Gasteiger partial charge >= 0.3 is 5.69 Å². The van der Waals surface area contributed by atoms with Crippen LogP contribution in [0.4, 0.5) is 11.5 Å². The lowest BCUT2D eigenvalue weighted by Gasteiger charge is -2.17. The molecule has 1 heterocycles. The van der Waals surface area contributed by atoms with E-state index in [1.807, 2.05) is 11.9 Å². The molecule has 5 nitrogen and oxygen atoms in total. The Kier molecular flexibility index (Phi) is 4.67. The fourth-order valence-corrected chi connectivity index (χ4v) is 1.67. The van der Waals surface area contributed by atoms with Gasteiger partial charge in [0.1, 0.15) is 0 Å². The largest absolute Gasteiger partial charge is 0.354 e. The average Bonchev–Trinajstić information content (AvgIpc) is 2.25. The number of anilines is 1. The smallest absolute Gasteiger partial charge is 0.312 e. The maximum absolute atomic E-state index is 10.9.